The number of methoxy groups -OCH3 is 1. The number of thioether (sulfide) groups is 1. The van der Waals surface area contributed by atoms with Crippen molar-refractivity contribution in [3.05, 3.63) is 54.1 Å². The molecule has 0 aromatic heterocycles. The Hall–Kier alpha value is -2.14. The zero-order chi connectivity index (χ0) is 18.1. The molecular formula is C20H25NO3S. The Kier molecular flexibility index (Phi) is 7.67. The number of hydrogen-bond donors (Lipinski definition) is 0. The minimum absolute atomic E-state index is 0.132. The molecule has 0 radical (unpaired) electrons. The third-order valence-corrected chi connectivity index (χ3v) is 4.61. The lowest BCUT2D eigenvalue weighted by molar-refractivity contribution is -0.130. The fourth-order valence-electron chi connectivity index (χ4n) is 2.37. The van der Waals surface area contributed by atoms with E-state index in [1.54, 1.807) is 23.8 Å². The predicted molar refractivity (Wildman–Crippen MR) is 102 cm³/mol. The van der Waals surface area contributed by atoms with E-state index < -0.39 is 0 Å². The van der Waals surface area contributed by atoms with E-state index in [4.69, 9.17) is 9.47 Å². The molecule has 0 saturated heterocycles. The standard InChI is InChI=1S/C20H25NO3S/c1-21(15-16-6-12-19(25-3)13-7-16)20(22)5-4-14-24-18-10-8-17(23-2)9-11-18/h6-13H,4-5,14-15H2,1-3H3. The molecule has 0 aliphatic carbocycles. The maximum Gasteiger partial charge on any atom is 0.222 e. The SMILES string of the molecule is COc1ccc(OCCCC(=O)N(C)Cc2ccc(SC)cc2)cc1. The first-order valence-corrected chi connectivity index (χ1v) is 9.48. The summed E-state index contributed by atoms with van der Waals surface area (Å²) < 4.78 is 10.8. The van der Waals surface area contributed by atoms with Gasteiger partial charge in [0.25, 0.3) is 0 Å². The number of rotatable bonds is 9. The van der Waals surface area contributed by atoms with E-state index in [1.807, 2.05) is 31.3 Å². The van der Waals surface area contributed by atoms with Crippen LogP contribution < -0.4 is 9.47 Å². The maximum atomic E-state index is 12.2. The average molecular weight is 359 g/mol. The fraction of sp³-hybridized carbons (Fsp3) is 0.350. The highest BCUT2D eigenvalue weighted by Crippen LogP contribution is 2.18. The van der Waals surface area contributed by atoms with Gasteiger partial charge in [-0.2, -0.15) is 0 Å². The summed E-state index contributed by atoms with van der Waals surface area (Å²) in [5.74, 6) is 1.72. The van der Waals surface area contributed by atoms with Gasteiger partial charge >= 0.3 is 0 Å². The zero-order valence-corrected chi connectivity index (χ0v) is 15.8. The Bertz CT molecular complexity index is 656. The molecule has 2 rings (SSSR count). The minimum Gasteiger partial charge on any atom is -0.497 e. The molecule has 25 heavy (non-hydrogen) atoms. The van der Waals surface area contributed by atoms with Crippen LogP contribution in [-0.4, -0.2) is 37.8 Å². The van der Waals surface area contributed by atoms with Crippen molar-refractivity contribution in [3.8, 4) is 11.5 Å². The van der Waals surface area contributed by atoms with Gasteiger partial charge in [-0.1, -0.05) is 12.1 Å². The Labute approximate surface area is 154 Å². The van der Waals surface area contributed by atoms with Crippen LogP contribution in [0.5, 0.6) is 11.5 Å². The van der Waals surface area contributed by atoms with Crippen molar-refractivity contribution in [2.45, 2.75) is 24.3 Å². The van der Waals surface area contributed by atoms with Gasteiger partial charge in [-0.15, -0.1) is 11.8 Å². The minimum atomic E-state index is 0.132. The summed E-state index contributed by atoms with van der Waals surface area (Å²) in [6.07, 6.45) is 3.23. The molecular weight excluding hydrogens is 334 g/mol. The third kappa shape index (κ3) is 6.35. The van der Waals surface area contributed by atoms with Crippen LogP contribution in [0.1, 0.15) is 18.4 Å². The van der Waals surface area contributed by atoms with Crippen molar-refractivity contribution >= 4 is 17.7 Å². The van der Waals surface area contributed by atoms with E-state index in [0.717, 1.165) is 17.1 Å². The number of hydrogen-bond acceptors (Lipinski definition) is 4. The molecule has 4 nitrogen and oxygen atoms in total. The van der Waals surface area contributed by atoms with Crippen LogP contribution in [0.15, 0.2) is 53.4 Å². The molecule has 134 valence electrons. The van der Waals surface area contributed by atoms with Crippen molar-refractivity contribution in [3.63, 3.8) is 0 Å². The molecule has 0 heterocycles. The molecule has 0 N–H and O–H groups in total. The zero-order valence-electron chi connectivity index (χ0n) is 15.0. The van der Waals surface area contributed by atoms with E-state index in [1.165, 1.54) is 4.90 Å². The first-order valence-electron chi connectivity index (χ1n) is 8.26. The summed E-state index contributed by atoms with van der Waals surface area (Å²) in [5, 5.41) is 0. The average Bonchev–Trinajstić information content (AvgIpc) is 2.66. The molecule has 0 atom stereocenters. The van der Waals surface area contributed by atoms with Crippen LogP contribution in [0, 0.1) is 0 Å². The first kappa shape index (κ1) is 19.2. The fourth-order valence-corrected chi connectivity index (χ4v) is 2.78. The van der Waals surface area contributed by atoms with Gasteiger partial charge < -0.3 is 14.4 Å². The normalized spacial score (nSPS) is 10.4. The lowest BCUT2D eigenvalue weighted by Gasteiger charge is -2.17. The van der Waals surface area contributed by atoms with Crippen molar-refractivity contribution < 1.29 is 14.3 Å². The monoisotopic (exact) mass is 359 g/mol. The van der Waals surface area contributed by atoms with E-state index in [0.29, 0.717) is 26.0 Å². The Morgan fingerprint density at radius 2 is 1.68 bits per heavy atom. The molecule has 2 aromatic rings. The van der Waals surface area contributed by atoms with Crippen molar-refractivity contribution in [1.29, 1.82) is 0 Å². The highest BCUT2D eigenvalue weighted by molar-refractivity contribution is 7.98. The molecule has 1 amide bonds. The van der Waals surface area contributed by atoms with Gasteiger partial charge in [0.05, 0.1) is 13.7 Å². The summed E-state index contributed by atoms with van der Waals surface area (Å²) in [5.41, 5.74) is 1.14. The van der Waals surface area contributed by atoms with Crippen molar-refractivity contribution in [2.24, 2.45) is 0 Å². The van der Waals surface area contributed by atoms with E-state index in [9.17, 15) is 4.79 Å². The molecule has 0 saturated carbocycles. The Morgan fingerprint density at radius 3 is 2.28 bits per heavy atom. The summed E-state index contributed by atoms with van der Waals surface area (Å²) in [4.78, 5) is 15.2. The second kappa shape index (κ2) is 9.99. The number of benzene rings is 2. The van der Waals surface area contributed by atoms with E-state index in [-0.39, 0.29) is 5.91 Å². The van der Waals surface area contributed by atoms with Gasteiger partial charge in [0, 0.05) is 24.9 Å². The molecule has 0 fully saturated rings. The van der Waals surface area contributed by atoms with Gasteiger partial charge in [-0.25, -0.2) is 0 Å². The number of nitrogens with zero attached hydrogens (tertiary/aromatic N) is 1. The van der Waals surface area contributed by atoms with Crippen LogP contribution in [-0.2, 0) is 11.3 Å². The summed E-state index contributed by atoms with van der Waals surface area (Å²) in [7, 11) is 3.48. The van der Waals surface area contributed by atoms with Gasteiger partial charge in [-0.05, 0) is 54.6 Å². The number of carbonyl (C=O) groups is 1. The summed E-state index contributed by atoms with van der Waals surface area (Å²) >= 11 is 1.72. The van der Waals surface area contributed by atoms with Crippen LogP contribution in [0.2, 0.25) is 0 Å². The van der Waals surface area contributed by atoms with Crippen LogP contribution >= 0.6 is 11.8 Å². The second-order valence-corrected chi connectivity index (χ2v) is 6.61. The van der Waals surface area contributed by atoms with Crippen molar-refractivity contribution in [2.75, 3.05) is 27.0 Å². The number of carbonyl (C=O) groups excluding carboxylic acids is 1. The number of amides is 1. The molecule has 0 aliphatic heterocycles. The van der Waals surface area contributed by atoms with Gasteiger partial charge in [0.1, 0.15) is 11.5 Å². The summed E-state index contributed by atoms with van der Waals surface area (Å²) in [6, 6.07) is 15.8. The highest BCUT2D eigenvalue weighted by atomic mass is 32.2. The first-order chi connectivity index (χ1) is 12.1. The smallest absolute Gasteiger partial charge is 0.222 e. The van der Waals surface area contributed by atoms with Gasteiger partial charge in [0.15, 0.2) is 0 Å². The molecule has 0 unspecified atom stereocenters. The second-order valence-electron chi connectivity index (χ2n) is 5.73. The van der Waals surface area contributed by atoms with Gasteiger partial charge in [-0.3, -0.25) is 4.79 Å². The molecule has 0 bridgehead atoms. The summed E-state index contributed by atoms with van der Waals surface area (Å²) in [6.45, 7) is 1.15. The molecule has 5 heteroatoms. The lowest BCUT2D eigenvalue weighted by atomic mass is 10.2. The highest BCUT2D eigenvalue weighted by Gasteiger charge is 2.09. The van der Waals surface area contributed by atoms with Crippen LogP contribution in [0.3, 0.4) is 0 Å². The van der Waals surface area contributed by atoms with Crippen LogP contribution in [0.25, 0.3) is 0 Å². The topological polar surface area (TPSA) is 38.8 Å². The van der Waals surface area contributed by atoms with E-state index in [2.05, 4.69) is 30.5 Å². The largest absolute Gasteiger partial charge is 0.497 e. The van der Waals surface area contributed by atoms with Gasteiger partial charge in [0.2, 0.25) is 5.91 Å². The molecule has 0 spiro atoms. The van der Waals surface area contributed by atoms with Crippen LogP contribution in [0.4, 0.5) is 0 Å². The van der Waals surface area contributed by atoms with Crippen molar-refractivity contribution in [1.82, 2.24) is 4.90 Å². The molecule has 2 aromatic carbocycles. The molecule has 0 aliphatic rings. The number of ether oxygens (including phenoxy) is 2. The Morgan fingerprint density at radius 1 is 1.04 bits per heavy atom. The van der Waals surface area contributed by atoms with E-state index >= 15 is 0 Å². The maximum absolute atomic E-state index is 12.2. The quantitative estimate of drug-likeness (QED) is 0.496. The lowest BCUT2D eigenvalue weighted by Crippen LogP contribution is -2.26. The predicted octanol–water partition coefficient (Wildman–Crippen LogP) is 4.23. The third-order valence-electron chi connectivity index (χ3n) is 3.87. The Balaban J connectivity index is 1.69.